The molecule has 0 saturated heterocycles. The Kier molecular flexibility index (Phi) is 6.68. The number of methoxy groups -OCH3 is 2. The number of likely N-dealkylation sites (N-methyl/N-ethyl adjacent to an activating group) is 2. The molecule has 1 aliphatic rings. The predicted molar refractivity (Wildman–Crippen MR) is 114 cm³/mol. The largest absolute Gasteiger partial charge is 0.493 e. The number of fused-ring (bicyclic) bond motifs is 1. The number of carbonyl (C=O) groups excluding carboxylic acids is 2. The van der Waals surface area contributed by atoms with Crippen molar-refractivity contribution in [3.8, 4) is 11.5 Å². The van der Waals surface area contributed by atoms with E-state index in [1.54, 1.807) is 38.4 Å². The average molecular weight is 410 g/mol. The van der Waals surface area contributed by atoms with E-state index in [-0.39, 0.29) is 11.8 Å². The van der Waals surface area contributed by atoms with E-state index in [1.807, 2.05) is 36.2 Å². The Labute approximate surface area is 176 Å². The number of hydrogen-bond acceptors (Lipinski definition) is 6. The third-order valence-electron chi connectivity index (χ3n) is 4.79. The van der Waals surface area contributed by atoms with Crippen molar-refractivity contribution in [3.05, 3.63) is 53.2 Å². The molecule has 0 bridgehead atoms. The van der Waals surface area contributed by atoms with Crippen LogP contribution < -0.4 is 14.8 Å². The van der Waals surface area contributed by atoms with Gasteiger partial charge in [0.1, 0.15) is 5.82 Å². The van der Waals surface area contributed by atoms with Crippen LogP contribution in [0.25, 0.3) is 6.08 Å². The van der Waals surface area contributed by atoms with Gasteiger partial charge in [0.25, 0.3) is 0 Å². The monoisotopic (exact) mass is 410 g/mol. The van der Waals surface area contributed by atoms with Crippen LogP contribution in [0.2, 0.25) is 0 Å². The van der Waals surface area contributed by atoms with E-state index in [1.165, 1.54) is 6.08 Å². The molecule has 2 heterocycles. The van der Waals surface area contributed by atoms with Crippen LogP contribution in [0.1, 0.15) is 16.7 Å². The summed E-state index contributed by atoms with van der Waals surface area (Å²) in [6, 6.07) is 7.51. The van der Waals surface area contributed by atoms with Crippen molar-refractivity contribution >= 4 is 23.7 Å². The Morgan fingerprint density at radius 1 is 1.30 bits per heavy atom. The Morgan fingerprint density at radius 3 is 2.83 bits per heavy atom. The van der Waals surface area contributed by atoms with Crippen molar-refractivity contribution in [2.24, 2.45) is 0 Å². The summed E-state index contributed by atoms with van der Waals surface area (Å²) in [5.74, 6) is 1.57. The zero-order chi connectivity index (χ0) is 21.7. The molecule has 1 aromatic carbocycles. The van der Waals surface area contributed by atoms with E-state index < -0.39 is 0 Å². The normalized spacial score (nSPS) is 14.1. The van der Waals surface area contributed by atoms with E-state index in [0.717, 1.165) is 16.7 Å². The number of ether oxygens (including phenoxy) is 2. The first-order valence-electron chi connectivity index (χ1n) is 9.51. The summed E-state index contributed by atoms with van der Waals surface area (Å²) in [6.45, 7) is 1.30. The molecule has 0 aliphatic carbocycles. The number of hydrogen-bond donors (Lipinski definition) is 1. The molecule has 0 atom stereocenters. The summed E-state index contributed by atoms with van der Waals surface area (Å²) in [5.41, 5.74) is 2.55. The van der Waals surface area contributed by atoms with Crippen molar-refractivity contribution in [1.82, 2.24) is 14.8 Å². The first-order chi connectivity index (χ1) is 14.4. The van der Waals surface area contributed by atoms with E-state index in [4.69, 9.17) is 9.47 Å². The zero-order valence-corrected chi connectivity index (χ0v) is 17.6. The van der Waals surface area contributed by atoms with Crippen molar-refractivity contribution in [1.29, 1.82) is 0 Å². The fourth-order valence-corrected chi connectivity index (χ4v) is 3.32. The highest BCUT2D eigenvalue weighted by Crippen LogP contribution is 2.31. The minimum absolute atomic E-state index is 0.0863. The molecule has 2 amide bonds. The van der Waals surface area contributed by atoms with Gasteiger partial charge in [-0.05, 0) is 30.8 Å². The maximum atomic E-state index is 12.6. The molecule has 0 spiro atoms. The van der Waals surface area contributed by atoms with E-state index >= 15 is 0 Å². The van der Waals surface area contributed by atoms with Crippen LogP contribution in [0, 0.1) is 0 Å². The van der Waals surface area contributed by atoms with Crippen LogP contribution in [0.3, 0.4) is 0 Å². The van der Waals surface area contributed by atoms with Gasteiger partial charge in [-0.2, -0.15) is 0 Å². The van der Waals surface area contributed by atoms with Crippen LogP contribution in [-0.4, -0.2) is 61.5 Å². The summed E-state index contributed by atoms with van der Waals surface area (Å²) in [4.78, 5) is 32.2. The van der Waals surface area contributed by atoms with Gasteiger partial charge in [-0.25, -0.2) is 4.98 Å². The molecule has 8 nitrogen and oxygen atoms in total. The van der Waals surface area contributed by atoms with Crippen molar-refractivity contribution in [2.45, 2.75) is 13.1 Å². The van der Waals surface area contributed by atoms with Gasteiger partial charge in [-0.15, -0.1) is 0 Å². The fraction of sp³-hybridized carbons (Fsp3) is 0.318. The lowest BCUT2D eigenvalue weighted by molar-refractivity contribution is -0.125. The van der Waals surface area contributed by atoms with Crippen molar-refractivity contribution in [2.75, 3.05) is 40.2 Å². The molecule has 2 aromatic rings. The van der Waals surface area contributed by atoms with Gasteiger partial charge in [-0.3, -0.25) is 14.5 Å². The zero-order valence-electron chi connectivity index (χ0n) is 17.6. The Bertz CT molecular complexity index is 974. The highest BCUT2D eigenvalue weighted by Gasteiger charge is 2.18. The summed E-state index contributed by atoms with van der Waals surface area (Å²) >= 11 is 0. The van der Waals surface area contributed by atoms with Crippen LogP contribution in [0.4, 0.5) is 5.82 Å². The Hall–Kier alpha value is -3.39. The third-order valence-corrected chi connectivity index (χ3v) is 4.79. The summed E-state index contributed by atoms with van der Waals surface area (Å²) in [6.07, 6.45) is 4.87. The quantitative estimate of drug-likeness (QED) is 0.735. The lowest BCUT2D eigenvalue weighted by Crippen LogP contribution is -2.26. The number of nitrogens with zero attached hydrogens (tertiary/aromatic N) is 3. The molecule has 8 heteroatoms. The molecular weight excluding hydrogens is 384 g/mol. The molecule has 30 heavy (non-hydrogen) atoms. The topological polar surface area (TPSA) is 84.0 Å². The highest BCUT2D eigenvalue weighted by molar-refractivity contribution is 5.93. The van der Waals surface area contributed by atoms with Gasteiger partial charge in [-0.1, -0.05) is 12.1 Å². The second-order valence-corrected chi connectivity index (χ2v) is 7.18. The van der Waals surface area contributed by atoms with Gasteiger partial charge >= 0.3 is 0 Å². The highest BCUT2D eigenvalue weighted by atomic mass is 16.5. The number of para-hydroxylation sites is 1. The van der Waals surface area contributed by atoms with Crippen LogP contribution in [-0.2, 0) is 22.7 Å². The van der Waals surface area contributed by atoms with Gasteiger partial charge in [0.15, 0.2) is 11.5 Å². The van der Waals surface area contributed by atoms with Crippen LogP contribution in [0.15, 0.2) is 36.5 Å². The second kappa shape index (κ2) is 9.41. The van der Waals surface area contributed by atoms with Gasteiger partial charge in [0.2, 0.25) is 11.8 Å². The van der Waals surface area contributed by atoms with E-state index in [9.17, 15) is 9.59 Å². The molecule has 158 valence electrons. The van der Waals surface area contributed by atoms with E-state index in [0.29, 0.717) is 37.0 Å². The lowest BCUT2D eigenvalue weighted by atomic mass is 10.1. The summed E-state index contributed by atoms with van der Waals surface area (Å²) in [5, 5.41) is 2.80. The molecule has 0 saturated carbocycles. The maximum Gasteiger partial charge on any atom is 0.246 e. The smallest absolute Gasteiger partial charge is 0.246 e. The summed E-state index contributed by atoms with van der Waals surface area (Å²) in [7, 11) is 6.76. The number of aromatic nitrogens is 1. The molecular formula is C22H26N4O4. The van der Waals surface area contributed by atoms with Gasteiger partial charge in [0, 0.05) is 43.5 Å². The van der Waals surface area contributed by atoms with Crippen LogP contribution in [0.5, 0.6) is 11.5 Å². The minimum Gasteiger partial charge on any atom is -0.493 e. The van der Waals surface area contributed by atoms with Crippen molar-refractivity contribution in [3.63, 3.8) is 0 Å². The molecule has 0 radical (unpaired) electrons. The SMILES string of the molecule is COc1cccc(CN(C)C(=O)C=Cc2cnc3c(c2)CN(C)CC(=O)N3)c1OC. The number of anilines is 1. The minimum atomic E-state index is -0.153. The molecule has 0 unspecified atom stereocenters. The molecule has 1 N–H and O–H groups in total. The first kappa shape index (κ1) is 21.3. The molecule has 0 fully saturated rings. The lowest BCUT2D eigenvalue weighted by Gasteiger charge is -2.18. The fourth-order valence-electron chi connectivity index (χ4n) is 3.32. The number of pyridine rings is 1. The molecule has 1 aliphatic heterocycles. The number of nitrogens with one attached hydrogen (secondary N) is 1. The Balaban J connectivity index is 1.71. The Morgan fingerprint density at radius 2 is 2.10 bits per heavy atom. The number of amides is 2. The summed E-state index contributed by atoms with van der Waals surface area (Å²) < 4.78 is 10.7. The van der Waals surface area contributed by atoms with Crippen LogP contribution >= 0.6 is 0 Å². The molecule has 1 aromatic heterocycles. The first-order valence-corrected chi connectivity index (χ1v) is 9.51. The van der Waals surface area contributed by atoms with Gasteiger partial charge in [0.05, 0.1) is 20.8 Å². The molecule has 3 rings (SSSR count). The average Bonchev–Trinajstić information content (AvgIpc) is 2.87. The number of rotatable bonds is 6. The standard InChI is InChI=1S/C22H26N4O4/c1-25-12-17-10-15(11-23-22(17)24-19(27)14-25)8-9-20(28)26(2)13-16-6-5-7-18(29-3)21(16)30-4/h5-11H,12-14H2,1-4H3,(H,23,24,27). The third kappa shape index (κ3) is 4.96. The van der Waals surface area contributed by atoms with Crippen molar-refractivity contribution < 1.29 is 19.1 Å². The second-order valence-electron chi connectivity index (χ2n) is 7.18. The van der Waals surface area contributed by atoms with E-state index in [2.05, 4.69) is 10.3 Å². The maximum absolute atomic E-state index is 12.6. The number of benzene rings is 1. The number of carbonyl (C=O) groups is 2. The van der Waals surface area contributed by atoms with Gasteiger partial charge < -0.3 is 19.7 Å². The predicted octanol–water partition coefficient (Wildman–Crippen LogP) is 2.15.